The predicted octanol–water partition coefficient (Wildman–Crippen LogP) is 2.71. The minimum atomic E-state index is -3.70. The van der Waals surface area contributed by atoms with Crippen LogP contribution in [0.2, 0.25) is 0 Å². The van der Waals surface area contributed by atoms with Crippen molar-refractivity contribution in [3.8, 4) is 0 Å². The largest absolute Gasteiger partial charge is 0.377 e. The van der Waals surface area contributed by atoms with E-state index in [2.05, 4.69) is 5.16 Å². The molecule has 4 rings (SSSR count). The summed E-state index contributed by atoms with van der Waals surface area (Å²) in [5.41, 5.74) is 1.01. The highest BCUT2D eigenvalue weighted by atomic mass is 32.2. The van der Waals surface area contributed by atoms with Crippen molar-refractivity contribution in [3.05, 3.63) is 41.3 Å². The van der Waals surface area contributed by atoms with E-state index in [0.29, 0.717) is 24.3 Å². The van der Waals surface area contributed by atoms with E-state index in [1.54, 1.807) is 30.5 Å². The first-order valence-corrected chi connectivity index (χ1v) is 12.9. The molecule has 10 heteroatoms. The second kappa shape index (κ2) is 9.32. The van der Waals surface area contributed by atoms with E-state index in [1.165, 1.54) is 4.31 Å². The van der Waals surface area contributed by atoms with Gasteiger partial charge in [-0.15, -0.1) is 11.8 Å². The van der Waals surface area contributed by atoms with Crippen molar-refractivity contribution in [1.82, 2.24) is 14.4 Å². The van der Waals surface area contributed by atoms with E-state index < -0.39 is 10.0 Å². The summed E-state index contributed by atoms with van der Waals surface area (Å²) in [7, 11) is -3.70. The summed E-state index contributed by atoms with van der Waals surface area (Å²) in [5.74, 6) is 1.05. The van der Waals surface area contributed by atoms with Gasteiger partial charge in [-0.25, -0.2) is 8.42 Å². The van der Waals surface area contributed by atoms with Gasteiger partial charge in [0.25, 0.3) is 5.91 Å². The van der Waals surface area contributed by atoms with Crippen molar-refractivity contribution in [2.75, 3.05) is 38.5 Å². The molecule has 168 valence electrons. The fraction of sp³-hybridized carbons (Fsp3) is 0.524. The molecular formula is C21H27N3O5S2. The Morgan fingerprint density at radius 2 is 1.94 bits per heavy atom. The third-order valence-electron chi connectivity index (χ3n) is 5.66. The van der Waals surface area contributed by atoms with Gasteiger partial charge in [0.15, 0.2) is 5.76 Å². The Kier molecular flexibility index (Phi) is 6.71. The zero-order chi connectivity index (χ0) is 22.0. The van der Waals surface area contributed by atoms with Crippen molar-refractivity contribution in [2.45, 2.75) is 42.6 Å². The van der Waals surface area contributed by atoms with Gasteiger partial charge in [-0.3, -0.25) is 4.79 Å². The standard InChI is InChI=1S/C21H27N3O5S2/c1-15-20(16(2)29-22-15)31(26,27)24-11-9-23(10-12-24)21(25)18-7-3-4-8-19(18)30-14-17-6-5-13-28-17/h3-4,7-8,17H,5-6,9-14H2,1-2H3/t17-/m0/s1. The molecule has 0 unspecified atom stereocenters. The lowest BCUT2D eigenvalue weighted by atomic mass is 10.2. The van der Waals surface area contributed by atoms with Crippen LogP contribution in [-0.4, -0.2) is 73.3 Å². The van der Waals surface area contributed by atoms with Crippen molar-refractivity contribution < 1.29 is 22.5 Å². The number of aromatic nitrogens is 1. The number of thioether (sulfide) groups is 1. The normalized spacial score (nSPS) is 20.3. The number of ether oxygens (including phenoxy) is 1. The summed E-state index contributed by atoms with van der Waals surface area (Å²) in [6, 6.07) is 7.60. The van der Waals surface area contributed by atoms with E-state index in [-0.39, 0.29) is 35.8 Å². The molecule has 2 fully saturated rings. The van der Waals surface area contributed by atoms with Crippen molar-refractivity contribution in [2.24, 2.45) is 0 Å². The lowest BCUT2D eigenvalue weighted by Gasteiger charge is -2.34. The highest BCUT2D eigenvalue weighted by Crippen LogP contribution is 2.29. The maximum atomic E-state index is 13.2. The van der Waals surface area contributed by atoms with Crippen molar-refractivity contribution in [3.63, 3.8) is 0 Å². The molecule has 0 saturated carbocycles. The van der Waals surface area contributed by atoms with Gasteiger partial charge in [-0.2, -0.15) is 4.31 Å². The van der Waals surface area contributed by atoms with Crippen LogP contribution < -0.4 is 0 Å². The Bertz CT molecular complexity index is 1020. The number of hydrogen-bond donors (Lipinski definition) is 0. The van der Waals surface area contributed by atoms with E-state index in [1.807, 2.05) is 24.3 Å². The molecular weight excluding hydrogens is 438 g/mol. The Morgan fingerprint density at radius 1 is 1.19 bits per heavy atom. The molecule has 1 amide bonds. The highest BCUT2D eigenvalue weighted by molar-refractivity contribution is 7.99. The van der Waals surface area contributed by atoms with Gasteiger partial charge in [-0.05, 0) is 38.8 Å². The van der Waals surface area contributed by atoms with Crippen LogP contribution in [0.1, 0.15) is 34.7 Å². The van der Waals surface area contributed by atoms with Crippen molar-refractivity contribution >= 4 is 27.7 Å². The number of carbonyl (C=O) groups excluding carboxylic acids is 1. The third-order valence-corrected chi connectivity index (χ3v) is 9.01. The lowest BCUT2D eigenvalue weighted by Crippen LogP contribution is -2.50. The number of sulfonamides is 1. The summed E-state index contributed by atoms with van der Waals surface area (Å²) in [6.07, 6.45) is 2.39. The zero-order valence-corrected chi connectivity index (χ0v) is 19.4. The van der Waals surface area contributed by atoms with Gasteiger partial charge >= 0.3 is 0 Å². The van der Waals surface area contributed by atoms with Crippen LogP contribution in [0, 0.1) is 13.8 Å². The Morgan fingerprint density at radius 3 is 2.58 bits per heavy atom. The molecule has 2 saturated heterocycles. The molecule has 0 bridgehead atoms. The SMILES string of the molecule is Cc1noc(C)c1S(=O)(=O)N1CCN(C(=O)c2ccccc2SC[C@@H]2CCCO2)CC1. The first kappa shape index (κ1) is 22.3. The first-order valence-electron chi connectivity index (χ1n) is 10.4. The number of carbonyl (C=O) groups is 1. The van der Waals surface area contributed by atoms with E-state index in [4.69, 9.17) is 9.26 Å². The van der Waals surface area contributed by atoms with Gasteiger partial charge < -0.3 is 14.2 Å². The Balaban J connectivity index is 1.42. The quantitative estimate of drug-likeness (QED) is 0.606. The summed E-state index contributed by atoms with van der Waals surface area (Å²) in [5, 5.41) is 3.76. The molecule has 2 aliphatic heterocycles. The smallest absolute Gasteiger partial charge is 0.255 e. The van der Waals surface area contributed by atoms with Crippen LogP contribution in [0.5, 0.6) is 0 Å². The maximum Gasteiger partial charge on any atom is 0.255 e. The molecule has 31 heavy (non-hydrogen) atoms. The minimum Gasteiger partial charge on any atom is -0.377 e. The van der Waals surface area contributed by atoms with E-state index in [0.717, 1.165) is 30.1 Å². The second-order valence-corrected chi connectivity index (χ2v) is 10.7. The van der Waals surface area contributed by atoms with Gasteiger partial charge in [0.1, 0.15) is 10.6 Å². The van der Waals surface area contributed by atoms with E-state index >= 15 is 0 Å². The predicted molar refractivity (Wildman–Crippen MR) is 117 cm³/mol. The molecule has 2 aliphatic rings. The summed E-state index contributed by atoms with van der Waals surface area (Å²) in [4.78, 5) is 16.0. The van der Waals surface area contributed by atoms with Crippen LogP contribution in [0.15, 0.2) is 38.6 Å². The first-order chi connectivity index (χ1) is 14.9. The Labute approximate surface area is 187 Å². The van der Waals surface area contributed by atoms with Crippen LogP contribution >= 0.6 is 11.8 Å². The number of benzene rings is 1. The Hall–Kier alpha value is -1.88. The summed E-state index contributed by atoms with van der Waals surface area (Å²) >= 11 is 1.65. The van der Waals surface area contributed by atoms with Crippen molar-refractivity contribution in [1.29, 1.82) is 0 Å². The fourth-order valence-corrected chi connectivity index (χ4v) is 6.83. The van der Waals surface area contributed by atoms with E-state index in [9.17, 15) is 13.2 Å². The fourth-order valence-electron chi connectivity index (χ4n) is 4.00. The average Bonchev–Trinajstić information content (AvgIpc) is 3.41. The third kappa shape index (κ3) is 4.67. The molecule has 2 aromatic rings. The van der Waals surface area contributed by atoms with Gasteiger partial charge in [0, 0.05) is 43.4 Å². The molecule has 0 N–H and O–H groups in total. The lowest BCUT2D eigenvalue weighted by molar-refractivity contribution is 0.0694. The number of amides is 1. The number of nitrogens with zero attached hydrogens (tertiary/aromatic N) is 3. The summed E-state index contributed by atoms with van der Waals surface area (Å²) < 4.78 is 38.1. The average molecular weight is 466 g/mol. The molecule has 8 nitrogen and oxygen atoms in total. The molecule has 3 heterocycles. The minimum absolute atomic E-state index is 0.0650. The molecule has 1 aromatic heterocycles. The highest BCUT2D eigenvalue weighted by Gasteiger charge is 2.34. The molecule has 0 aliphatic carbocycles. The number of piperazine rings is 1. The number of rotatable bonds is 6. The van der Waals surface area contributed by atoms with Crippen LogP contribution in [0.4, 0.5) is 0 Å². The van der Waals surface area contributed by atoms with Gasteiger partial charge in [-0.1, -0.05) is 17.3 Å². The second-order valence-electron chi connectivity index (χ2n) is 7.79. The molecule has 1 aromatic carbocycles. The van der Waals surface area contributed by atoms with Crippen LogP contribution in [0.25, 0.3) is 0 Å². The van der Waals surface area contributed by atoms with Crippen LogP contribution in [-0.2, 0) is 14.8 Å². The number of aryl methyl sites for hydroxylation is 2. The zero-order valence-electron chi connectivity index (χ0n) is 17.7. The van der Waals surface area contributed by atoms with Gasteiger partial charge in [0.2, 0.25) is 10.0 Å². The van der Waals surface area contributed by atoms with Gasteiger partial charge in [0.05, 0.1) is 11.7 Å². The monoisotopic (exact) mass is 465 g/mol. The molecule has 1 atom stereocenters. The topological polar surface area (TPSA) is 93.0 Å². The summed E-state index contributed by atoms with van der Waals surface area (Å²) in [6.45, 7) is 5.18. The van der Waals surface area contributed by atoms with Crippen LogP contribution in [0.3, 0.4) is 0 Å². The molecule has 0 spiro atoms. The molecule has 0 radical (unpaired) electrons. The number of hydrogen-bond acceptors (Lipinski definition) is 7. The maximum absolute atomic E-state index is 13.2.